The highest BCUT2D eigenvalue weighted by Gasteiger charge is 2.26. The lowest BCUT2D eigenvalue weighted by molar-refractivity contribution is 0.0554. The molecule has 0 atom stereocenters. The van der Waals surface area contributed by atoms with Gasteiger partial charge in [-0.1, -0.05) is 6.07 Å². The molecular weight excluding hydrogens is 296 g/mol. The Kier molecular flexibility index (Phi) is 4.90. The lowest BCUT2D eigenvalue weighted by atomic mass is 10.2. The number of nitrogens with zero attached hydrogens (tertiary/aromatic N) is 2. The molecule has 0 spiro atoms. The van der Waals surface area contributed by atoms with Gasteiger partial charge < -0.3 is 9.47 Å². The number of carbonyl (C=O) groups excluding carboxylic acids is 1. The van der Waals surface area contributed by atoms with E-state index in [2.05, 4.69) is 4.74 Å². The Morgan fingerprint density at radius 3 is 2.76 bits per heavy atom. The molecule has 1 aliphatic rings. The molecule has 1 aliphatic heterocycles. The number of nitriles is 1. The number of ether oxygens (including phenoxy) is 2. The van der Waals surface area contributed by atoms with Gasteiger partial charge in [0.25, 0.3) is 0 Å². The minimum atomic E-state index is -3.66. The second-order valence-electron chi connectivity index (χ2n) is 4.28. The maximum atomic E-state index is 12.4. The molecule has 2 rings (SSSR count). The van der Waals surface area contributed by atoms with Gasteiger partial charge in [0.15, 0.2) is 6.61 Å². The van der Waals surface area contributed by atoms with Crippen LogP contribution in [0.25, 0.3) is 0 Å². The van der Waals surface area contributed by atoms with Gasteiger partial charge in [0.05, 0.1) is 23.7 Å². The van der Waals surface area contributed by atoms with Crippen LogP contribution in [0, 0.1) is 11.3 Å². The van der Waals surface area contributed by atoms with Crippen LogP contribution >= 0.6 is 0 Å². The highest BCUT2D eigenvalue weighted by Crippen LogP contribution is 2.18. The summed E-state index contributed by atoms with van der Waals surface area (Å²) in [6.07, 6.45) is 0. The van der Waals surface area contributed by atoms with Crippen molar-refractivity contribution >= 4 is 16.0 Å². The summed E-state index contributed by atoms with van der Waals surface area (Å²) in [5.41, 5.74) is 0.0968. The second-order valence-corrected chi connectivity index (χ2v) is 6.22. The third kappa shape index (κ3) is 3.58. The largest absolute Gasteiger partial charge is 0.447 e. The molecule has 8 heteroatoms. The summed E-state index contributed by atoms with van der Waals surface area (Å²) in [5, 5.41) is 8.37. The molecule has 21 heavy (non-hydrogen) atoms. The maximum Gasteiger partial charge on any atom is 0.339 e. The molecule has 0 amide bonds. The first-order valence-electron chi connectivity index (χ1n) is 6.28. The van der Waals surface area contributed by atoms with Gasteiger partial charge in [0, 0.05) is 13.1 Å². The van der Waals surface area contributed by atoms with Crippen molar-refractivity contribution in [3.8, 4) is 6.07 Å². The SMILES string of the molecule is N#CCOC(=O)c1cccc(S(=O)(=O)N2CCOCC2)c1. The first-order chi connectivity index (χ1) is 10.1. The highest BCUT2D eigenvalue weighted by molar-refractivity contribution is 7.89. The van der Waals surface area contributed by atoms with Crippen LogP contribution in [0.1, 0.15) is 10.4 Å². The molecule has 1 aromatic rings. The Hall–Kier alpha value is -1.95. The van der Waals surface area contributed by atoms with Crippen molar-refractivity contribution in [3.63, 3.8) is 0 Å². The predicted octanol–water partition coefficient (Wildman–Crippen LogP) is 0.388. The van der Waals surface area contributed by atoms with E-state index in [9.17, 15) is 13.2 Å². The van der Waals surface area contributed by atoms with Crippen LogP contribution in [-0.4, -0.2) is 51.6 Å². The van der Waals surface area contributed by atoms with E-state index in [0.717, 1.165) is 0 Å². The molecule has 0 radical (unpaired) electrons. The minimum absolute atomic E-state index is 0.0239. The van der Waals surface area contributed by atoms with Crippen LogP contribution in [0.4, 0.5) is 0 Å². The predicted molar refractivity (Wildman–Crippen MR) is 71.9 cm³/mol. The molecule has 0 N–H and O–H groups in total. The Labute approximate surface area is 122 Å². The topological polar surface area (TPSA) is 96.7 Å². The zero-order chi connectivity index (χ0) is 15.3. The molecule has 1 fully saturated rings. The van der Waals surface area contributed by atoms with E-state index in [-0.39, 0.29) is 30.2 Å². The minimum Gasteiger partial charge on any atom is -0.447 e. The third-order valence-electron chi connectivity index (χ3n) is 2.95. The summed E-state index contributed by atoms with van der Waals surface area (Å²) < 4.78 is 36.0. The average Bonchev–Trinajstić information content (AvgIpc) is 2.53. The smallest absolute Gasteiger partial charge is 0.339 e. The van der Waals surface area contributed by atoms with Gasteiger partial charge in [-0.15, -0.1) is 0 Å². The van der Waals surface area contributed by atoms with E-state index < -0.39 is 16.0 Å². The fraction of sp³-hybridized carbons (Fsp3) is 0.385. The van der Waals surface area contributed by atoms with Crippen LogP contribution in [0.3, 0.4) is 0 Å². The lowest BCUT2D eigenvalue weighted by Gasteiger charge is -2.26. The van der Waals surface area contributed by atoms with E-state index in [1.807, 2.05) is 0 Å². The molecule has 0 aliphatic carbocycles. The third-order valence-corrected chi connectivity index (χ3v) is 4.84. The number of morpholine rings is 1. The van der Waals surface area contributed by atoms with E-state index in [1.54, 1.807) is 6.07 Å². The standard InChI is InChI=1S/C13H14N2O5S/c14-4-7-20-13(16)11-2-1-3-12(10-11)21(17,18)15-5-8-19-9-6-15/h1-3,10H,5-9H2. The lowest BCUT2D eigenvalue weighted by Crippen LogP contribution is -2.40. The van der Waals surface area contributed by atoms with Gasteiger partial charge >= 0.3 is 5.97 Å². The average molecular weight is 310 g/mol. The second kappa shape index (κ2) is 6.67. The Bertz CT molecular complexity index is 659. The van der Waals surface area contributed by atoms with E-state index in [0.29, 0.717) is 13.2 Å². The normalized spacial score (nSPS) is 16.1. The summed E-state index contributed by atoms with van der Waals surface area (Å²) >= 11 is 0. The molecule has 1 saturated heterocycles. The summed E-state index contributed by atoms with van der Waals surface area (Å²) in [6, 6.07) is 7.27. The molecule has 0 aromatic heterocycles. The fourth-order valence-electron chi connectivity index (χ4n) is 1.90. The van der Waals surface area contributed by atoms with E-state index in [1.165, 1.54) is 28.6 Å². The number of hydrogen-bond acceptors (Lipinski definition) is 6. The Morgan fingerprint density at radius 1 is 1.38 bits per heavy atom. The number of esters is 1. The van der Waals surface area contributed by atoms with Gasteiger partial charge in [0.1, 0.15) is 6.07 Å². The zero-order valence-electron chi connectivity index (χ0n) is 11.2. The van der Waals surface area contributed by atoms with Crippen LogP contribution in [0.5, 0.6) is 0 Å². The van der Waals surface area contributed by atoms with Crippen molar-refractivity contribution in [1.29, 1.82) is 5.26 Å². The summed E-state index contributed by atoms with van der Waals surface area (Å²) in [7, 11) is -3.66. The van der Waals surface area contributed by atoms with Crippen LogP contribution in [0.2, 0.25) is 0 Å². The molecule has 112 valence electrons. The zero-order valence-corrected chi connectivity index (χ0v) is 12.0. The number of rotatable bonds is 4. The molecular formula is C13H14N2O5S. The number of sulfonamides is 1. The van der Waals surface area contributed by atoms with Crippen molar-refractivity contribution < 1.29 is 22.7 Å². The van der Waals surface area contributed by atoms with Gasteiger partial charge in [0.2, 0.25) is 10.0 Å². The van der Waals surface area contributed by atoms with E-state index in [4.69, 9.17) is 10.00 Å². The summed E-state index contributed by atoms with van der Waals surface area (Å²) in [5.74, 6) is -0.726. The van der Waals surface area contributed by atoms with Crippen molar-refractivity contribution in [1.82, 2.24) is 4.31 Å². The van der Waals surface area contributed by atoms with Gasteiger partial charge in [-0.3, -0.25) is 0 Å². The monoisotopic (exact) mass is 310 g/mol. The Balaban J connectivity index is 2.24. The van der Waals surface area contributed by atoms with Gasteiger partial charge in [-0.05, 0) is 18.2 Å². The van der Waals surface area contributed by atoms with Crippen molar-refractivity contribution in [2.24, 2.45) is 0 Å². The van der Waals surface area contributed by atoms with E-state index >= 15 is 0 Å². The maximum absolute atomic E-state index is 12.4. The quantitative estimate of drug-likeness (QED) is 0.746. The first kappa shape index (κ1) is 15.4. The fourth-order valence-corrected chi connectivity index (χ4v) is 3.36. The molecule has 0 bridgehead atoms. The molecule has 0 unspecified atom stereocenters. The molecule has 1 aromatic carbocycles. The van der Waals surface area contributed by atoms with Crippen molar-refractivity contribution in [2.75, 3.05) is 32.9 Å². The van der Waals surface area contributed by atoms with Crippen LogP contribution in [-0.2, 0) is 19.5 Å². The van der Waals surface area contributed by atoms with Crippen LogP contribution in [0.15, 0.2) is 29.2 Å². The molecule has 1 heterocycles. The molecule has 7 nitrogen and oxygen atoms in total. The van der Waals surface area contributed by atoms with Gasteiger partial charge in [-0.25, -0.2) is 13.2 Å². The Morgan fingerprint density at radius 2 is 2.10 bits per heavy atom. The summed E-state index contributed by atoms with van der Waals surface area (Å²) in [4.78, 5) is 11.7. The summed E-state index contributed by atoms with van der Waals surface area (Å²) in [6.45, 7) is 0.891. The van der Waals surface area contributed by atoms with Crippen LogP contribution < -0.4 is 0 Å². The first-order valence-corrected chi connectivity index (χ1v) is 7.72. The number of benzene rings is 1. The van der Waals surface area contributed by atoms with Crippen molar-refractivity contribution in [2.45, 2.75) is 4.90 Å². The van der Waals surface area contributed by atoms with Gasteiger partial charge in [-0.2, -0.15) is 9.57 Å². The molecule has 0 saturated carbocycles. The number of carbonyl (C=O) groups is 1. The highest BCUT2D eigenvalue weighted by atomic mass is 32.2. The van der Waals surface area contributed by atoms with Crippen molar-refractivity contribution in [3.05, 3.63) is 29.8 Å². The number of hydrogen-bond donors (Lipinski definition) is 0.